The summed E-state index contributed by atoms with van der Waals surface area (Å²) in [6.07, 6.45) is 1.07. The Morgan fingerprint density at radius 2 is 2.19 bits per heavy atom. The van der Waals surface area contributed by atoms with Gasteiger partial charge in [-0.05, 0) is 44.8 Å². The molecule has 4 nitrogen and oxygen atoms in total. The van der Waals surface area contributed by atoms with Crippen LogP contribution in [0.25, 0.3) is 0 Å². The molecule has 1 aromatic carbocycles. The fourth-order valence-corrected chi connectivity index (χ4v) is 3.63. The third-order valence-electron chi connectivity index (χ3n) is 3.66. The molecule has 1 unspecified atom stereocenters. The number of carbonyl (C=O) groups excluding carboxylic acids is 1. The van der Waals surface area contributed by atoms with Crippen molar-refractivity contribution in [3.8, 4) is 0 Å². The maximum absolute atomic E-state index is 12.7. The minimum absolute atomic E-state index is 0.0265. The number of carbonyl (C=O) groups is 1. The third kappa shape index (κ3) is 4.64. The minimum Gasteiger partial charge on any atom is -0.319 e. The lowest BCUT2D eigenvalue weighted by Crippen LogP contribution is -2.48. The molecule has 2 rings (SSSR count). The highest BCUT2D eigenvalue weighted by Gasteiger charge is 2.26. The van der Waals surface area contributed by atoms with Gasteiger partial charge in [-0.3, -0.25) is 0 Å². The number of aryl methyl sites for hydroxylation is 1. The lowest BCUT2D eigenvalue weighted by molar-refractivity contribution is 0.180. The maximum atomic E-state index is 12.7. The molecule has 21 heavy (non-hydrogen) atoms. The van der Waals surface area contributed by atoms with E-state index in [1.807, 2.05) is 47.9 Å². The van der Waals surface area contributed by atoms with Crippen molar-refractivity contribution in [2.24, 2.45) is 0 Å². The molecule has 1 heterocycles. The summed E-state index contributed by atoms with van der Waals surface area (Å²) in [4.78, 5) is 16.8. The maximum Gasteiger partial charge on any atom is 0.322 e. The van der Waals surface area contributed by atoms with Gasteiger partial charge in [0.15, 0.2) is 0 Å². The Morgan fingerprint density at radius 1 is 1.43 bits per heavy atom. The Labute approximate surface area is 131 Å². The Morgan fingerprint density at radius 3 is 2.90 bits per heavy atom. The van der Waals surface area contributed by atoms with Crippen LogP contribution in [0.3, 0.4) is 0 Å². The summed E-state index contributed by atoms with van der Waals surface area (Å²) in [7, 11) is 4.12. The second kappa shape index (κ2) is 7.71. The molecule has 0 radical (unpaired) electrons. The summed E-state index contributed by atoms with van der Waals surface area (Å²) in [6, 6.07) is 8.22. The number of urea groups is 1. The van der Waals surface area contributed by atoms with Crippen LogP contribution in [0.5, 0.6) is 0 Å². The van der Waals surface area contributed by atoms with Crippen LogP contribution in [0.2, 0.25) is 0 Å². The summed E-state index contributed by atoms with van der Waals surface area (Å²) in [5.41, 5.74) is 2.00. The highest BCUT2D eigenvalue weighted by molar-refractivity contribution is 7.99. The SMILES string of the molecule is Cc1ccccc1NC(=O)N1CCCSCC1CN(C)C. The largest absolute Gasteiger partial charge is 0.322 e. The summed E-state index contributed by atoms with van der Waals surface area (Å²) in [5, 5.41) is 3.07. The van der Waals surface area contributed by atoms with Gasteiger partial charge >= 0.3 is 6.03 Å². The standard InChI is InChI=1S/C16H25N3OS/c1-13-7-4-5-8-15(13)17-16(20)19-9-6-10-21-12-14(19)11-18(2)3/h4-5,7-8,14H,6,9-12H2,1-3H3,(H,17,20). The van der Waals surface area contributed by atoms with Crippen LogP contribution >= 0.6 is 11.8 Å². The van der Waals surface area contributed by atoms with E-state index in [9.17, 15) is 4.79 Å². The zero-order chi connectivity index (χ0) is 15.2. The number of rotatable bonds is 3. The van der Waals surface area contributed by atoms with Crippen molar-refractivity contribution in [2.75, 3.05) is 44.0 Å². The van der Waals surface area contributed by atoms with E-state index in [0.29, 0.717) is 0 Å². The molecule has 0 aromatic heterocycles. The molecular weight excluding hydrogens is 282 g/mol. The number of likely N-dealkylation sites (N-methyl/N-ethyl adjacent to an activating group) is 1. The van der Waals surface area contributed by atoms with Gasteiger partial charge in [-0.15, -0.1) is 0 Å². The molecule has 1 fully saturated rings. The van der Waals surface area contributed by atoms with Crippen molar-refractivity contribution >= 4 is 23.5 Å². The number of hydrogen-bond acceptors (Lipinski definition) is 3. The van der Waals surface area contributed by atoms with E-state index in [-0.39, 0.29) is 12.1 Å². The van der Waals surface area contributed by atoms with Gasteiger partial charge in [0.05, 0.1) is 6.04 Å². The molecule has 0 saturated carbocycles. The predicted octanol–water partition coefficient (Wildman–Crippen LogP) is 2.90. The zero-order valence-corrected chi connectivity index (χ0v) is 13.9. The van der Waals surface area contributed by atoms with E-state index in [1.54, 1.807) is 0 Å². The number of nitrogens with one attached hydrogen (secondary N) is 1. The van der Waals surface area contributed by atoms with Gasteiger partial charge in [0, 0.05) is 24.5 Å². The zero-order valence-electron chi connectivity index (χ0n) is 13.1. The van der Waals surface area contributed by atoms with Crippen molar-refractivity contribution in [1.82, 2.24) is 9.80 Å². The third-order valence-corrected chi connectivity index (χ3v) is 4.86. The predicted molar refractivity (Wildman–Crippen MR) is 91.2 cm³/mol. The molecule has 0 spiro atoms. The van der Waals surface area contributed by atoms with Crippen LogP contribution in [0, 0.1) is 6.92 Å². The van der Waals surface area contributed by atoms with Gasteiger partial charge in [-0.25, -0.2) is 4.79 Å². The molecule has 5 heteroatoms. The first-order chi connectivity index (χ1) is 10.1. The Bertz CT molecular complexity index is 478. The first-order valence-electron chi connectivity index (χ1n) is 7.43. The minimum atomic E-state index is 0.0265. The Kier molecular flexibility index (Phi) is 5.94. The van der Waals surface area contributed by atoms with E-state index >= 15 is 0 Å². The van der Waals surface area contributed by atoms with Gasteiger partial charge in [-0.1, -0.05) is 18.2 Å². The topological polar surface area (TPSA) is 35.6 Å². The summed E-state index contributed by atoms with van der Waals surface area (Å²) in [6.45, 7) is 3.77. The van der Waals surface area contributed by atoms with E-state index < -0.39 is 0 Å². The fourth-order valence-electron chi connectivity index (χ4n) is 2.57. The van der Waals surface area contributed by atoms with Crippen LogP contribution in [0.4, 0.5) is 10.5 Å². The highest BCUT2D eigenvalue weighted by atomic mass is 32.2. The van der Waals surface area contributed by atoms with E-state index in [0.717, 1.165) is 42.3 Å². The molecular formula is C16H25N3OS. The second-order valence-corrected chi connectivity index (χ2v) is 6.93. The quantitative estimate of drug-likeness (QED) is 0.932. The van der Waals surface area contributed by atoms with Crippen LogP contribution in [0.1, 0.15) is 12.0 Å². The molecule has 1 aliphatic rings. The smallest absolute Gasteiger partial charge is 0.319 e. The van der Waals surface area contributed by atoms with Crippen molar-refractivity contribution < 1.29 is 4.79 Å². The number of hydrogen-bond donors (Lipinski definition) is 1. The molecule has 2 amide bonds. The van der Waals surface area contributed by atoms with Crippen molar-refractivity contribution in [3.05, 3.63) is 29.8 Å². The number of para-hydroxylation sites is 1. The first kappa shape index (κ1) is 16.2. The number of amides is 2. The van der Waals surface area contributed by atoms with Crippen LogP contribution < -0.4 is 5.32 Å². The summed E-state index contributed by atoms with van der Waals surface area (Å²) < 4.78 is 0. The molecule has 1 atom stereocenters. The first-order valence-corrected chi connectivity index (χ1v) is 8.59. The average Bonchev–Trinajstić information content (AvgIpc) is 2.66. The molecule has 1 saturated heterocycles. The van der Waals surface area contributed by atoms with Crippen LogP contribution in [-0.2, 0) is 0 Å². The second-order valence-electron chi connectivity index (χ2n) is 5.78. The monoisotopic (exact) mass is 307 g/mol. The molecule has 0 bridgehead atoms. The molecule has 1 aromatic rings. The van der Waals surface area contributed by atoms with Crippen molar-refractivity contribution in [1.29, 1.82) is 0 Å². The Hall–Kier alpha value is -1.20. The molecule has 0 aliphatic carbocycles. The van der Waals surface area contributed by atoms with Crippen LogP contribution in [-0.4, -0.2) is 60.6 Å². The van der Waals surface area contributed by atoms with Gasteiger partial charge < -0.3 is 15.1 Å². The van der Waals surface area contributed by atoms with E-state index in [2.05, 4.69) is 24.3 Å². The van der Waals surface area contributed by atoms with Crippen molar-refractivity contribution in [2.45, 2.75) is 19.4 Å². The number of anilines is 1. The normalized spacial score (nSPS) is 19.4. The molecule has 1 aliphatic heterocycles. The van der Waals surface area contributed by atoms with E-state index in [4.69, 9.17) is 0 Å². The number of benzene rings is 1. The Balaban J connectivity index is 2.08. The van der Waals surface area contributed by atoms with Crippen LogP contribution in [0.15, 0.2) is 24.3 Å². The van der Waals surface area contributed by atoms with E-state index in [1.165, 1.54) is 0 Å². The van der Waals surface area contributed by atoms with Gasteiger partial charge in [0.1, 0.15) is 0 Å². The van der Waals surface area contributed by atoms with Gasteiger partial charge in [0.25, 0.3) is 0 Å². The van der Waals surface area contributed by atoms with Gasteiger partial charge in [-0.2, -0.15) is 11.8 Å². The summed E-state index contributed by atoms with van der Waals surface area (Å²) >= 11 is 1.95. The lowest BCUT2D eigenvalue weighted by Gasteiger charge is -2.31. The van der Waals surface area contributed by atoms with Crippen molar-refractivity contribution in [3.63, 3.8) is 0 Å². The molecule has 1 N–H and O–H groups in total. The average molecular weight is 307 g/mol. The highest BCUT2D eigenvalue weighted by Crippen LogP contribution is 2.19. The molecule has 116 valence electrons. The number of thioether (sulfide) groups is 1. The number of nitrogens with zero attached hydrogens (tertiary/aromatic N) is 2. The van der Waals surface area contributed by atoms with Gasteiger partial charge in [0.2, 0.25) is 0 Å². The fraction of sp³-hybridized carbons (Fsp3) is 0.562. The lowest BCUT2D eigenvalue weighted by atomic mass is 10.2. The summed E-state index contributed by atoms with van der Waals surface area (Å²) in [5.74, 6) is 2.15.